The molecule has 35 heavy (non-hydrogen) atoms. The third kappa shape index (κ3) is 7.83. The van der Waals surface area contributed by atoms with Crippen LogP contribution in [0.2, 0.25) is 5.02 Å². The number of rotatable bonds is 8. The van der Waals surface area contributed by atoms with Crippen LogP contribution in [0.25, 0.3) is 0 Å². The lowest BCUT2D eigenvalue weighted by molar-refractivity contribution is -0.120. The summed E-state index contributed by atoms with van der Waals surface area (Å²) in [6.45, 7) is 9.25. The minimum Gasteiger partial charge on any atom is -0.494 e. The largest absolute Gasteiger partial charge is 0.494 e. The van der Waals surface area contributed by atoms with Gasteiger partial charge in [-0.15, -0.1) is 0 Å². The quantitative estimate of drug-likeness (QED) is 0.484. The lowest BCUT2D eigenvalue weighted by Gasteiger charge is -2.36. The summed E-state index contributed by atoms with van der Waals surface area (Å²) in [6.07, 6.45) is 1.35. The second-order valence-corrected chi connectivity index (χ2v) is 9.73. The molecular weight excluding hydrogens is 484 g/mol. The molecule has 0 saturated carbocycles. The molecule has 0 radical (unpaired) electrons. The van der Waals surface area contributed by atoms with Gasteiger partial charge in [0, 0.05) is 43.9 Å². The van der Waals surface area contributed by atoms with Crippen molar-refractivity contribution in [2.75, 3.05) is 43.0 Å². The number of nitrogens with zero attached hydrogens (tertiary/aromatic N) is 2. The molecule has 1 saturated heterocycles. The van der Waals surface area contributed by atoms with Crippen molar-refractivity contribution in [2.45, 2.75) is 33.6 Å². The van der Waals surface area contributed by atoms with E-state index in [9.17, 15) is 9.59 Å². The van der Waals surface area contributed by atoms with Crippen molar-refractivity contribution in [3.8, 4) is 5.75 Å². The lowest BCUT2D eigenvalue weighted by Crippen LogP contribution is -2.48. The van der Waals surface area contributed by atoms with Crippen molar-refractivity contribution in [2.24, 2.45) is 5.92 Å². The Kier molecular flexibility index (Phi) is 9.74. The number of carbonyl (C=O) groups excluding carboxylic acids is 2. The molecule has 2 amide bonds. The van der Waals surface area contributed by atoms with Gasteiger partial charge in [0.15, 0.2) is 5.11 Å². The molecule has 0 atom stereocenters. The molecule has 1 fully saturated rings. The predicted octanol–water partition coefficient (Wildman–Crippen LogP) is 4.95. The molecule has 1 heterocycles. The molecule has 3 rings (SSSR count). The highest BCUT2D eigenvalue weighted by molar-refractivity contribution is 7.80. The highest BCUT2D eigenvalue weighted by Crippen LogP contribution is 2.30. The van der Waals surface area contributed by atoms with Crippen LogP contribution < -0.4 is 20.3 Å². The van der Waals surface area contributed by atoms with Crippen molar-refractivity contribution < 1.29 is 14.3 Å². The fraction of sp³-hybridized carbons (Fsp3) is 0.423. The zero-order chi connectivity index (χ0) is 25.4. The fourth-order valence-corrected chi connectivity index (χ4v) is 4.33. The monoisotopic (exact) mass is 516 g/mol. The zero-order valence-corrected chi connectivity index (χ0v) is 22.0. The van der Waals surface area contributed by atoms with E-state index in [1.54, 1.807) is 6.07 Å². The molecule has 1 aliphatic rings. The van der Waals surface area contributed by atoms with Gasteiger partial charge in [-0.1, -0.05) is 32.4 Å². The molecule has 0 aliphatic carbocycles. The van der Waals surface area contributed by atoms with Crippen molar-refractivity contribution in [3.63, 3.8) is 0 Å². The van der Waals surface area contributed by atoms with Crippen LogP contribution in [0.4, 0.5) is 11.4 Å². The van der Waals surface area contributed by atoms with E-state index in [0.29, 0.717) is 55.5 Å². The van der Waals surface area contributed by atoms with Crippen LogP contribution in [0.3, 0.4) is 0 Å². The summed E-state index contributed by atoms with van der Waals surface area (Å²) in [5, 5.41) is 6.51. The van der Waals surface area contributed by atoms with Gasteiger partial charge >= 0.3 is 0 Å². The Morgan fingerprint density at radius 1 is 1.09 bits per heavy atom. The summed E-state index contributed by atoms with van der Waals surface area (Å²) in [5.41, 5.74) is 2.26. The first-order chi connectivity index (χ1) is 16.8. The molecule has 188 valence electrons. The molecule has 0 bridgehead atoms. The maximum atomic E-state index is 12.9. The normalized spacial score (nSPS) is 13.5. The number of benzene rings is 2. The number of ether oxygens (including phenoxy) is 1. The summed E-state index contributed by atoms with van der Waals surface area (Å²) in [7, 11) is 0. The molecule has 2 aromatic rings. The zero-order valence-electron chi connectivity index (χ0n) is 20.5. The van der Waals surface area contributed by atoms with Crippen LogP contribution in [-0.4, -0.2) is 54.6 Å². The van der Waals surface area contributed by atoms with Crippen molar-refractivity contribution >= 4 is 52.1 Å². The van der Waals surface area contributed by atoms with Gasteiger partial charge in [0.25, 0.3) is 5.91 Å². The van der Waals surface area contributed by atoms with Crippen LogP contribution in [-0.2, 0) is 4.79 Å². The molecule has 7 nitrogen and oxygen atoms in total. The van der Waals surface area contributed by atoms with Crippen LogP contribution in [0, 0.1) is 5.92 Å². The van der Waals surface area contributed by atoms with E-state index in [4.69, 9.17) is 28.6 Å². The number of amides is 2. The van der Waals surface area contributed by atoms with Gasteiger partial charge < -0.3 is 25.2 Å². The number of halogens is 1. The topological polar surface area (TPSA) is 73.9 Å². The molecular formula is C26H33ClN4O3S. The Bertz CT molecular complexity index is 1040. The summed E-state index contributed by atoms with van der Waals surface area (Å²) in [5.74, 6) is 0.936. The Balaban J connectivity index is 1.53. The molecule has 0 unspecified atom stereocenters. The van der Waals surface area contributed by atoms with Crippen LogP contribution in [0.15, 0.2) is 42.5 Å². The van der Waals surface area contributed by atoms with Crippen molar-refractivity contribution in [1.29, 1.82) is 0 Å². The Hall–Kier alpha value is -2.84. The van der Waals surface area contributed by atoms with Gasteiger partial charge in [-0.05, 0) is 67.0 Å². The first-order valence-electron chi connectivity index (χ1n) is 11.9. The van der Waals surface area contributed by atoms with Crippen LogP contribution in [0.1, 0.15) is 44.0 Å². The van der Waals surface area contributed by atoms with E-state index in [1.807, 2.05) is 55.1 Å². The van der Waals surface area contributed by atoms with Gasteiger partial charge in [-0.25, -0.2) is 0 Å². The number of carbonyl (C=O) groups is 2. The van der Waals surface area contributed by atoms with Gasteiger partial charge in [-0.2, -0.15) is 0 Å². The molecule has 0 spiro atoms. The summed E-state index contributed by atoms with van der Waals surface area (Å²) in [6, 6.07) is 12.9. The summed E-state index contributed by atoms with van der Waals surface area (Å²) < 4.78 is 5.60. The molecule has 2 N–H and O–H groups in total. The predicted molar refractivity (Wildman–Crippen MR) is 146 cm³/mol. The first kappa shape index (κ1) is 26.8. The maximum absolute atomic E-state index is 12.9. The fourth-order valence-electron chi connectivity index (χ4n) is 3.80. The van der Waals surface area contributed by atoms with E-state index in [-0.39, 0.29) is 22.8 Å². The van der Waals surface area contributed by atoms with Gasteiger partial charge in [0.05, 0.1) is 17.3 Å². The van der Waals surface area contributed by atoms with E-state index >= 15 is 0 Å². The van der Waals surface area contributed by atoms with Crippen LogP contribution in [0.5, 0.6) is 5.75 Å². The maximum Gasteiger partial charge on any atom is 0.253 e. The number of nitrogens with one attached hydrogen (secondary N) is 2. The number of anilines is 2. The van der Waals surface area contributed by atoms with Crippen molar-refractivity contribution in [3.05, 3.63) is 53.1 Å². The molecule has 1 aliphatic heterocycles. The third-order valence-corrected chi connectivity index (χ3v) is 6.04. The highest BCUT2D eigenvalue weighted by Gasteiger charge is 2.23. The number of piperazine rings is 1. The second kappa shape index (κ2) is 12.7. The van der Waals surface area contributed by atoms with Gasteiger partial charge in [0.1, 0.15) is 5.75 Å². The molecule has 0 aromatic heterocycles. The van der Waals surface area contributed by atoms with E-state index in [2.05, 4.69) is 22.5 Å². The average molecular weight is 517 g/mol. The number of thiocarbonyl (C=S) groups is 1. The molecule has 9 heteroatoms. The summed E-state index contributed by atoms with van der Waals surface area (Å²) >= 11 is 11.8. The Labute approximate surface area is 217 Å². The van der Waals surface area contributed by atoms with E-state index < -0.39 is 0 Å². The standard InChI is InChI=1S/C26H33ClN4O3S/c1-4-15-34-21-8-5-19(6-9-21)25(33)31-13-11-30(12-14-31)23-10-7-20(17-22(23)27)28-26(35)29-24(32)16-18(2)3/h5-10,17-18H,4,11-16H2,1-3H3,(H2,28,29,32,35). The average Bonchev–Trinajstić information content (AvgIpc) is 2.82. The number of hydrogen-bond acceptors (Lipinski definition) is 5. The van der Waals surface area contributed by atoms with E-state index in [0.717, 1.165) is 17.9 Å². The Morgan fingerprint density at radius 3 is 2.37 bits per heavy atom. The lowest BCUT2D eigenvalue weighted by atomic mass is 10.1. The van der Waals surface area contributed by atoms with Gasteiger partial charge in [0.2, 0.25) is 5.91 Å². The summed E-state index contributed by atoms with van der Waals surface area (Å²) in [4.78, 5) is 28.8. The number of hydrogen-bond donors (Lipinski definition) is 2. The van der Waals surface area contributed by atoms with Crippen LogP contribution >= 0.6 is 23.8 Å². The minimum absolute atomic E-state index is 0.0189. The van der Waals surface area contributed by atoms with Gasteiger partial charge in [-0.3, -0.25) is 9.59 Å². The van der Waals surface area contributed by atoms with E-state index in [1.165, 1.54) is 0 Å². The smallest absolute Gasteiger partial charge is 0.253 e. The SMILES string of the molecule is CCCOc1ccc(C(=O)N2CCN(c3ccc(NC(=S)NC(=O)CC(C)C)cc3Cl)CC2)cc1. The minimum atomic E-state index is -0.117. The van der Waals surface area contributed by atoms with Crippen molar-refractivity contribution in [1.82, 2.24) is 10.2 Å². The first-order valence-corrected chi connectivity index (χ1v) is 12.7. The Morgan fingerprint density at radius 2 is 1.77 bits per heavy atom. The second-order valence-electron chi connectivity index (χ2n) is 8.92. The third-order valence-electron chi connectivity index (χ3n) is 5.53. The molecule has 2 aromatic carbocycles. The highest BCUT2D eigenvalue weighted by atomic mass is 35.5.